The Morgan fingerprint density at radius 3 is 2.67 bits per heavy atom. The second-order valence-electron chi connectivity index (χ2n) is 4.81. The SMILES string of the molecule is O=C1OC(c2cccc(Cl)c2)=N/C1=C\c1cc([N+](=O)[O-])ccc1Cl. The number of carbonyl (C=O) groups is 1. The van der Waals surface area contributed by atoms with Crippen LogP contribution in [0.15, 0.2) is 53.2 Å². The van der Waals surface area contributed by atoms with Gasteiger partial charge >= 0.3 is 5.97 Å². The fourth-order valence-electron chi connectivity index (χ4n) is 2.06. The van der Waals surface area contributed by atoms with E-state index >= 15 is 0 Å². The molecule has 24 heavy (non-hydrogen) atoms. The van der Waals surface area contributed by atoms with Gasteiger partial charge in [0.2, 0.25) is 5.90 Å². The summed E-state index contributed by atoms with van der Waals surface area (Å²) in [6, 6.07) is 10.6. The Balaban J connectivity index is 2.00. The van der Waals surface area contributed by atoms with Gasteiger partial charge in [0.05, 0.1) is 4.92 Å². The molecule has 0 aliphatic carbocycles. The van der Waals surface area contributed by atoms with Crippen LogP contribution in [0.4, 0.5) is 5.69 Å². The summed E-state index contributed by atoms with van der Waals surface area (Å²) in [6.45, 7) is 0. The highest BCUT2D eigenvalue weighted by Gasteiger charge is 2.24. The maximum Gasteiger partial charge on any atom is 0.363 e. The number of nitro benzene ring substituents is 1. The fourth-order valence-corrected chi connectivity index (χ4v) is 2.42. The van der Waals surface area contributed by atoms with Gasteiger partial charge in [-0.15, -0.1) is 0 Å². The second kappa shape index (κ2) is 6.43. The molecule has 2 aromatic rings. The third-order valence-corrected chi connectivity index (χ3v) is 3.75. The van der Waals surface area contributed by atoms with Gasteiger partial charge in [-0.1, -0.05) is 29.3 Å². The van der Waals surface area contributed by atoms with Crippen molar-refractivity contribution in [2.75, 3.05) is 0 Å². The van der Waals surface area contributed by atoms with Crippen LogP contribution in [-0.4, -0.2) is 16.8 Å². The number of cyclic esters (lactones) is 1. The van der Waals surface area contributed by atoms with E-state index in [1.807, 2.05) is 0 Å². The van der Waals surface area contributed by atoms with Crippen LogP contribution in [0.1, 0.15) is 11.1 Å². The molecule has 0 unspecified atom stereocenters. The standard InChI is InChI=1S/C16H8Cl2N2O4/c17-11-3-1-2-9(6-11)15-19-14(16(21)24-15)8-10-7-12(20(22)23)4-5-13(10)18/h1-8H/b14-8-. The van der Waals surface area contributed by atoms with E-state index in [-0.39, 0.29) is 22.3 Å². The predicted molar refractivity (Wildman–Crippen MR) is 90.2 cm³/mol. The zero-order valence-electron chi connectivity index (χ0n) is 11.9. The molecule has 0 aromatic heterocycles. The summed E-state index contributed by atoms with van der Waals surface area (Å²) in [5.41, 5.74) is 0.697. The first-order chi connectivity index (χ1) is 11.4. The summed E-state index contributed by atoms with van der Waals surface area (Å²) < 4.78 is 5.11. The van der Waals surface area contributed by atoms with Crippen LogP contribution >= 0.6 is 23.2 Å². The lowest BCUT2D eigenvalue weighted by molar-refractivity contribution is -0.384. The Morgan fingerprint density at radius 1 is 1.17 bits per heavy atom. The van der Waals surface area contributed by atoms with Gasteiger partial charge in [0.25, 0.3) is 5.69 Å². The van der Waals surface area contributed by atoms with E-state index in [9.17, 15) is 14.9 Å². The lowest BCUT2D eigenvalue weighted by Gasteiger charge is -1.99. The van der Waals surface area contributed by atoms with Crippen LogP contribution in [0.5, 0.6) is 0 Å². The number of hydrogen-bond acceptors (Lipinski definition) is 5. The molecule has 0 radical (unpaired) electrons. The molecule has 0 N–H and O–H groups in total. The van der Waals surface area contributed by atoms with Crippen LogP contribution in [-0.2, 0) is 9.53 Å². The van der Waals surface area contributed by atoms with Crippen molar-refractivity contribution in [2.24, 2.45) is 4.99 Å². The monoisotopic (exact) mass is 362 g/mol. The van der Waals surface area contributed by atoms with E-state index in [2.05, 4.69) is 4.99 Å². The first kappa shape index (κ1) is 16.2. The Kier molecular flexibility index (Phi) is 4.33. The summed E-state index contributed by atoms with van der Waals surface area (Å²) in [6.07, 6.45) is 1.34. The van der Waals surface area contributed by atoms with Crippen LogP contribution in [0.2, 0.25) is 10.0 Å². The second-order valence-corrected chi connectivity index (χ2v) is 5.65. The Hall–Kier alpha value is -2.70. The molecule has 0 amide bonds. The van der Waals surface area contributed by atoms with Crippen LogP contribution in [0.25, 0.3) is 6.08 Å². The fraction of sp³-hybridized carbons (Fsp3) is 0. The molecule has 0 bridgehead atoms. The Morgan fingerprint density at radius 2 is 1.96 bits per heavy atom. The first-order valence-electron chi connectivity index (χ1n) is 6.66. The number of hydrogen-bond donors (Lipinski definition) is 0. The third kappa shape index (κ3) is 3.29. The summed E-state index contributed by atoms with van der Waals surface area (Å²) in [5.74, 6) is -0.567. The van der Waals surface area contributed by atoms with Gasteiger partial charge in [0, 0.05) is 33.3 Å². The van der Waals surface area contributed by atoms with Crippen molar-refractivity contribution in [3.63, 3.8) is 0 Å². The van der Waals surface area contributed by atoms with Crippen molar-refractivity contribution in [1.29, 1.82) is 0 Å². The molecule has 1 aliphatic rings. The molecular weight excluding hydrogens is 355 g/mol. The average Bonchev–Trinajstić information content (AvgIpc) is 2.90. The van der Waals surface area contributed by atoms with Gasteiger partial charge in [-0.2, -0.15) is 0 Å². The molecule has 3 rings (SSSR count). The van der Waals surface area contributed by atoms with Gasteiger partial charge in [-0.3, -0.25) is 10.1 Å². The van der Waals surface area contributed by atoms with E-state index in [1.54, 1.807) is 24.3 Å². The number of nitro groups is 1. The van der Waals surface area contributed by atoms with Gasteiger partial charge in [-0.25, -0.2) is 9.79 Å². The number of non-ortho nitro benzene ring substituents is 1. The third-order valence-electron chi connectivity index (χ3n) is 3.17. The van der Waals surface area contributed by atoms with Crippen molar-refractivity contribution in [3.8, 4) is 0 Å². The minimum Gasteiger partial charge on any atom is -0.402 e. The minimum absolute atomic E-state index is 0.00706. The molecule has 2 aromatic carbocycles. The zero-order chi connectivity index (χ0) is 17.3. The number of nitrogens with zero attached hydrogens (tertiary/aromatic N) is 2. The van der Waals surface area contributed by atoms with E-state index < -0.39 is 10.9 Å². The number of aliphatic imine (C=N–C) groups is 1. The van der Waals surface area contributed by atoms with E-state index in [1.165, 1.54) is 24.3 Å². The molecule has 8 heteroatoms. The molecule has 120 valence electrons. The number of halogens is 2. The lowest BCUT2D eigenvalue weighted by atomic mass is 10.1. The van der Waals surface area contributed by atoms with Crippen LogP contribution in [0, 0.1) is 10.1 Å². The topological polar surface area (TPSA) is 81.8 Å². The van der Waals surface area contributed by atoms with Crippen molar-refractivity contribution < 1.29 is 14.5 Å². The maximum atomic E-state index is 12.0. The van der Waals surface area contributed by atoms with Crippen molar-refractivity contribution in [2.45, 2.75) is 0 Å². The number of rotatable bonds is 3. The maximum absolute atomic E-state index is 12.0. The summed E-state index contributed by atoms with van der Waals surface area (Å²) in [7, 11) is 0. The number of benzene rings is 2. The summed E-state index contributed by atoms with van der Waals surface area (Å²) in [5, 5.41) is 11.6. The molecule has 0 fully saturated rings. The molecule has 1 heterocycles. The van der Waals surface area contributed by atoms with Crippen molar-refractivity contribution in [1.82, 2.24) is 0 Å². The minimum atomic E-state index is -0.674. The highest BCUT2D eigenvalue weighted by atomic mass is 35.5. The molecule has 0 spiro atoms. The largest absolute Gasteiger partial charge is 0.402 e. The van der Waals surface area contributed by atoms with Gasteiger partial charge < -0.3 is 4.74 Å². The average molecular weight is 363 g/mol. The van der Waals surface area contributed by atoms with Gasteiger partial charge in [-0.05, 0) is 30.3 Å². The number of esters is 1. The molecule has 0 saturated carbocycles. The number of carbonyl (C=O) groups excluding carboxylic acids is 1. The highest BCUT2D eigenvalue weighted by molar-refractivity contribution is 6.32. The Bertz CT molecular complexity index is 922. The van der Waals surface area contributed by atoms with Gasteiger partial charge in [0.15, 0.2) is 5.70 Å². The predicted octanol–water partition coefficient (Wildman–Crippen LogP) is 4.25. The molecule has 0 saturated heterocycles. The van der Waals surface area contributed by atoms with E-state index in [4.69, 9.17) is 27.9 Å². The van der Waals surface area contributed by atoms with E-state index in [0.29, 0.717) is 16.1 Å². The molecule has 0 atom stereocenters. The number of ether oxygens (including phenoxy) is 1. The molecule has 1 aliphatic heterocycles. The first-order valence-corrected chi connectivity index (χ1v) is 7.42. The Labute approximate surface area is 146 Å². The quantitative estimate of drug-likeness (QED) is 0.353. The van der Waals surface area contributed by atoms with Crippen molar-refractivity contribution >= 4 is 46.8 Å². The molecular formula is C16H8Cl2N2O4. The lowest BCUT2D eigenvalue weighted by Crippen LogP contribution is -2.05. The van der Waals surface area contributed by atoms with E-state index in [0.717, 1.165) is 0 Å². The summed E-state index contributed by atoms with van der Waals surface area (Å²) >= 11 is 11.9. The normalized spacial score (nSPS) is 15.3. The zero-order valence-corrected chi connectivity index (χ0v) is 13.4. The highest BCUT2D eigenvalue weighted by Crippen LogP contribution is 2.27. The smallest absolute Gasteiger partial charge is 0.363 e. The molecule has 6 nitrogen and oxygen atoms in total. The van der Waals surface area contributed by atoms with Crippen LogP contribution < -0.4 is 0 Å². The summed E-state index contributed by atoms with van der Waals surface area (Å²) in [4.78, 5) is 26.4. The van der Waals surface area contributed by atoms with Crippen molar-refractivity contribution in [3.05, 3.63) is 79.4 Å². The van der Waals surface area contributed by atoms with Gasteiger partial charge in [0.1, 0.15) is 0 Å². The van der Waals surface area contributed by atoms with Crippen LogP contribution in [0.3, 0.4) is 0 Å².